The van der Waals surface area contributed by atoms with Gasteiger partial charge in [-0.05, 0) is 37.6 Å². The first-order valence-electron chi connectivity index (χ1n) is 8.49. The summed E-state index contributed by atoms with van der Waals surface area (Å²) < 4.78 is 6.63. The summed E-state index contributed by atoms with van der Waals surface area (Å²) in [7, 11) is 0. The van der Waals surface area contributed by atoms with Gasteiger partial charge >= 0.3 is 0 Å². The largest absolute Gasteiger partial charge is 0.466 e. The predicted octanol–water partition coefficient (Wildman–Crippen LogP) is 4.29. The van der Waals surface area contributed by atoms with Gasteiger partial charge in [-0.25, -0.2) is 0 Å². The molecular weight excluding hydrogens is 331 g/mol. The summed E-state index contributed by atoms with van der Waals surface area (Å²) in [6.45, 7) is 7.50. The van der Waals surface area contributed by atoms with Crippen molar-refractivity contribution in [3.8, 4) is 5.75 Å². The number of piperidine rings is 1. The zero-order valence-corrected chi connectivity index (χ0v) is 15.0. The molecule has 2 saturated heterocycles. The van der Waals surface area contributed by atoms with Crippen LogP contribution in [0.2, 0.25) is 10.0 Å². The normalized spacial score (nSPS) is 28.0. The first-order chi connectivity index (χ1) is 11.1. The van der Waals surface area contributed by atoms with Gasteiger partial charge in [0, 0.05) is 48.8 Å². The summed E-state index contributed by atoms with van der Waals surface area (Å²) in [6.07, 6.45) is 5.75. The van der Waals surface area contributed by atoms with E-state index < -0.39 is 0 Å². The average molecular weight is 353 g/mol. The van der Waals surface area contributed by atoms with Crippen molar-refractivity contribution in [2.75, 3.05) is 32.7 Å². The molecule has 1 aromatic rings. The van der Waals surface area contributed by atoms with Gasteiger partial charge in [-0.3, -0.25) is 9.80 Å². The third-order valence-electron chi connectivity index (χ3n) is 5.36. The summed E-state index contributed by atoms with van der Waals surface area (Å²) >= 11 is 12.6. The van der Waals surface area contributed by atoms with E-state index in [9.17, 15) is 0 Å². The molecule has 3 aliphatic rings. The molecule has 0 saturated carbocycles. The topological polar surface area (TPSA) is 15.7 Å². The Bertz CT molecular complexity index is 655. The third kappa shape index (κ3) is 2.58. The van der Waals surface area contributed by atoms with E-state index in [0.717, 1.165) is 50.5 Å². The molecule has 0 radical (unpaired) electrons. The highest BCUT2D eigenvalue weighted by Crippen LogP contribution is 2.47. The second kappa shape index (κ2) is 5.96. The molecule has 0 aliphatic carbocycles. The fourth-order valence-corrected chi connectivity index (χ4v) is 4.66. The smallest absolute Gasteiger partial charge is 0.188 e. The minimum atomic E-state index is -0.313. The summed E-state index contributed by atoms with van der Waals surface area (Å²) in [5.41, 5.74) is 2.04. The van der Waals surface area contributed by atoms with E-state index >= 15 is 0 Å². The molecule has 5 heteroatoms. The maximum absolute atomic E-state index is 6.63. The highest BCUT2D eigenvalue weighted by Gasteiger charge is 2.48. The fraction of sp³-hybridized carbons (Fsp3) is 0.556. The second-order valence-corrected chi connectivity index (χ2v) is 7.52. The number of likely N-dealkylation sites (tertiary alicyclic amines) is 2. The van der Waals surface area contributed by atoms with Crippen LogP contribution in [0.25, 0.3) is 6.08 Å². The molecular formula is C18H22Cl2N2O. The van der Waals surface area contributed by atoms with Crippen molar-refractivity contribution in [2.45, 2.75) is 31.9 Å². The number of hydrogen-bond donors (Lipinski definition) is 0. The molecule has 3 aliphatic heterocycles. The molecule has 1 atom stereocenters. The number of benzene rings is 1. The molecule has 0 amide bonds. The molecule has 1 unspecified atom stereocenters. The van der Waals surface area contributed by atoms with Gasteiger partial charge in [-0.15, -0.1) is 0 Å². The van der Waals surface area contributed by atoms with Gasteiger partial charge in [0.1, 0.15) is 5.75 Å². The number of rotatable bonds is 2. The van der Waals surface area contributed by atoms with Crippen LogP contribution in [0.15, 0.2) is 17.7 Å². The molecule has 3 heterocycles. The van der Waals surface area contributed by atoms with E-state index in [1.54, 1.807) is 6.07 Å². The standard InChI is InChI=1S/C18H22Cl2N2O/c1-2-21-8-5-18(22-6-3-4-7-22)14(12-21)9-13-10-15(19)11-16(20)17(13)23-18/h9-11H,2-8,12H2,1H3. The lowest BCUT2D eigenvalue weighted by atomic mass is 9.88. The minimum absolute atomic E-state index is 0.313. The van der Waals surface area contributed by atoms with Crippen molar-refractivity contribution in [3.63, 3.8) is 0 Å². The van der Waals surface area contributed by atoms with Gasteiger partial charge in [-0.1, -0.05) is 30.1 Å². The van der Waals surface area contributed by atoms with Crippen LogP contribution in [-0.4, -0.2) is 48.2 Å². The zero-order chi connectivity index (χ0) is 16.0. The molecule has 0 N–H and O–H groups in total. The van der Waals surface area contributed by atoms with Crippen molar-refractivity contribution >= 4 is 29.3 Å². The van der Waals surface area contributed by atoms with Crippen LogP contribution in [0.3, 0.4) is 0 Å². The predicted molar refractivity (Wildman–Crippen MR) is 95.3 cm³/mol. The number of nitrogens with zero attached hydrogens (tertiary/aromatic N) is 2. The van der Waals surface area contributed by atoms with Crippen LogP contribution >= 0.6 is 23.2 Å². The van der Waals surface area contributed by atoms with Crippen LogP contribution in [0.5, 0.6) is 5.75 Å². The Labute approximate surface area is 147 Å². The first kappa shape index (κ1) is 15.8. The quantitative estimate of drug-likeness (QED) is 0.789. The van der Waals surface area contributed by atoms with E-state index in [-0.39, 0.29) is 5.72 Å². The van der Waals surface area contributed by atoms with Gasteiger partial charge in [0.05, 0.1) is 5.02 Å². The lowest BCUT2D eigenvalue weighted by molar-refractivity contribution is -0.0722. The lowest BCUT2D eigenvalue weighted by Crippen LogP contribution is -2.60. The Kier molecular flexibility index (Phi) is 4.09. The van der Waals surface area contributed by atoms with Crippen molar-refractivity contribution in [3.05, 3.63) is 33.3 Å². The number of likely N-dealkylation sites (N-methyl/N-ethyl adjacent to an activating group) is 1. The van der Waals surface area contributed by atoms with Crippen molar-refractivity contribution in [1.29, 1.82) is 0 Å². The van der Waals surface area contributed by atoms with Crippen molar-refractivity contribution in [1.82, 2.24) is 9.80 Å². The second-order valence-electron chi connectivity index (χ2n) is 6.67. The molecule has 124 valence electrons. The Morgan fingerprint density at radius 1 is 1.17 bits per heavy atom. The molecule has 4 rings (SSSR count). The van der Waals surface area contributed by atoms with Gasteiger partial charge in [0.25, 0.3) is 0 Å². The molecule has 0 aromatic heterocycles. The Morgan fingerprint density at radius 3 is 2.70 bits per heavy atom. The minimum Gasteiger partial charge on any atom is -0.466 e. The molecule has 23 heavy (non-hydrogen) atoms. The number of fused-ring (bicyclic) bond motifs is 2. The van der Waals surface area contributed by atoms with Crippen LogP contribution in [-0.2, 0) is 0 Å². The Hall–Kier alpha value is -0.740. The monoisotopic (exact) mass is 352 g/mol. The first-order valence-corrected chi connectivity index (χ1v) is 9.24. The van der Waals surface area contributed by atoms with E-state index in [4.69, 9.17) is 27.9 Å². The SMILES string of the molecule is CCN1CCC2(N3CCCC3)Oc3c(Cl)cc(Cl)cc3C=C2C1. The molecule has 1 aromatic carbocycles. The Balaban J connectivity index is 1.81. The fourth-order valence-electron chi connectivity index (χ4n) is 4.11. The average Bonchev–Trinajstić information content (AvgIpc) is 3.07. The third-order valence-corrected chi connectivity index (χ3v) is 5.86. The Morgan fingerprint density at radius 2 is 1.96 bits per heavy atom. The van der Waals surface area contributed by atoms with E-state index in [1.807, 2.05) is 6.07 Å². The van der Waals surface area contributed by atoms with Crippen LogP contribution in [0.4, 0.5) is 0 Å². The van der Waals surface area contributed by atoms with Gasteiger partial charge in [0.2, 0.25) is 0 Å². The highest BCUT2D eigenvalue weighted by molar-refractivity contribution is 6.36. The summed E-state index contributed by atoms with van der Waals surface area (Å²) in [6, 6.07) is 3.73. The lowest BCUT2D eigenvalue weighted by Gasteiger charge is -2.50. The maximum atomic E-state index is 6.63. The van der Waals surface area contributed by atoms with Crippen LogP contribution in [0.1, 0.15) is 31.7 Å². The summed E-state index contributed by atoms with van der Waals surface area (Å²) in [5.74, 6) is 0.789. The molecule has 3 nitrogen and oxygen atoms in total. The molecule has 0 spiro atoms. The number of ether oxygens (including phenoxy) is 1. The summed E-state index contributed by atoms with van der Waals surface area (Å²) in [4.78, 5) is 4.99. The van der Waals surface area contributed by atoms with Crippen LogP contribution < -0.4 is 4.74 Å². The molecule has 2 fully saturated rings. The number of hydrogen-bond acceptors (Lipinski definition) is 3. The van der Waals surface area contributed by atoms with E-state index in [2.05, 4.69) is 22.8 Å². The highest BCUT2D eigenvalue weighted by atomic mass is 35.5. The van der Waals surface area contributed by atoms with Gasteiger partial charge in [0.15, 0.2) is 5.72 Å². The van der Waals surface area contributed by atoms with Crippen LogP contribution in [0, 0.1) is 0 Å². The zero-order valence-electron chi connectivity index (χ0n) is 13.4. The van der Waals surface area contributed by atoms with Crippen molar-refractivity contribution in [2.24, 2.45) is 0 Å². The summed E-state index contributed by atoms with van der Waals surface area (Å²) in [5, 5.41) is 1.27. The number of halogens is 2. The van der Waals surface area contributed by atoms with Crippen molar-refractivity contribution < 1.29 is 4.74 Å². The van der Waals surface area contributed by atoms with Gasteiger partial charge < -0.3 is 4.74 Å². The van der Waals surface area contributed by atoms with E-state index in [0.29, 0.717) is 10.0 Å². The van der Waals surface area contributed by atoms with E-state index in [1.165, 1.54) is 18.4 Å². The van der Waals surface area contributed by atoms with Gasteiger partial charge in [-0.2, -0.15) is 0 Å². The maximum Gasteiger partial charge on any atom is 0.188 e. The molecule has 0 bridgehead atoms.